The minimum atomic E-state index is -4.60. The number of rotatable bonds is 8. The Hall–Kier alpha value is -3.24. The molecule has 1 amide bonds. The maximum absolute atomic E-state index is 12.8. The Kier molecular flexibility index (Phi) is 7.50. The van der Waals surface area contributed by atoms with E-state index in [0.717, 1.165) is 17.7 Å². The first-order valence-electron chi connectivity index (χ1n) is 9.47. The van der Waals surface area contributed by atoms with Crippen LogP contribution < -0.4 is 14.8 Å². The predicted molar refractivity (Wildman–Crippen MR) is 117 cm³/mol. The van der Waals surface area contributed by atoms with E-state index in [0.29, 0.717) is 11.1 Å². The van der Waals surface area contributed by atoms with Crippen LogP contribution in [0.2, 0.25) is 5.02 Å². The number of carbonyl (C=O) groups excluding carboxylic acids is 1. The zero-order valence-electron chi connectivity index (χ0n) is 16.9. The Labute approximate surface area is 193 Å². The fraction of sp³-hybridized carbons (Fsp3) is 0.136. The van der Waals surface area contributed by atoms with E-state index in [1.807, 2.05) is 0 Å². The first-order valence-corrected chi connectivity index (χ1v) is 11.3. The number of carbonyl (C=O) groups is 1. The van der Waals surface area contributed by atoms with E-state index in [9.17, 15) is 26.4 Å². The zero-order valence-corrected chi connectivity index (χ0v) is 18.5. The maximum Gasteiger partial charge on any atom is 0.416 e. The van der Waals surface area contributed by atoms with E-state index in [1.165, 1.54) is 30.3 Å². The minimum Gasteiger partial charge on any atom is -0.484 e. The van der Waals surface area contributed by atoms with Crippen molar-refractivity contribution in [1.29, 1.82) is 0 Å². The normalized spacial score (nSPS) is 11.6. The van der Waals surface area contributed by atoms with Gasteiger partial charge in [-0.15, -0.1) is 0 Å². The first kappa shape index (κ1) is 24.4. The molecule has 0 spiro atoms. The third-order valence-electron chi connectivity index (χ3n) is 4.35. The molecule has 2 N–H and O–H groups in total. The lowest BCUT2D eigenvalue weighted by atomic mass is 10.2. The SMILES string of the molecule is O=C(COc1ccc(S(=O)(=O)Nc2cccc(C(F)(F)F)c2)cc1)NCc1ccc(Cl)cc1. The highest BCUT2D eigenvalue weighted by Crippen LogP contribution is 2.31. The van der Waals surface area contributed by atoms with Crippen molar-refractivity contribution in [2.75, 3.05) is 11.3 Å². The highest BCUT2D eigenvalue weighted by Gasteiger charge is 2.30. The second kappa shape index (κ2) is 10.1. The average molecular weight is 499 g/mol. The van der Waals surface area contributed by atoms with Crippen LogP contribution in [0.4, 0.5) is 18.9 Å². The van der Waals surface area contributed by atoms with Crippen LogP contribution in [-0.2, 0) is 27.5 Å². The van der Waals surface area contributed by atoms with E-state index >= 15 is 0 Å². The van der Waals surface area contributed by atoms with Crippen LogP contribution in [0, 0.1) is 0 Å². The van der Waals surface area contributed by atoms with Crippen LogP contribution in [0.3, 0.4) is 0 Å². The molecule has 6 nitrogen and oxygen atoms in total. The van der Waals surface area contributed by atoms with Gasteiger partial charge in [0.15, 0.2) is 6.61 Å². The quantitative estimate of drug-likeness (QED) is 0.465. The highest BCUT2D eigenvalue weighted by molar-refractivity contribution is 7.92. The number of nitrogens with one attached hydrogen (secondary N) is 2. The molecule has 0 radical (unpaired) electrons. The van der Waals surface area contributed by atoms with Crippen molar-refractivity contribution in [2.24, 2.45) is 0 Å². The molecule has 0 fully saturated rings. The molecular weight excluding hydrogens is 481 g/mol. The van der Waals surface area contributed by atoms with Gasteiger partial charge in [0.25, 0.3) is 15.9 Å². The van der Waals surface area contributed by atoms with Crippen LogP contribution in [-0.4, -0.2) is 20.9 Å². The van der Waals surface area contributed by atoms with Crippen LogP contribution in [0.25, 0.3) is 0 Å². The fourth-order valence-electron chi connectivity index (χ4n) is 2.69. The van der Waals surface area contributed by atoms with Gasteiger partial charge < -0.3 is 10.1 Å². The van der Waals surface area contributed by atoms with Crippen molar-refractivity contribution in [2.45, 2.75) is 17.6 Å². The largest absolute Gasteiger partial charge is 0.484 e. The van der Waals surface area contributed by atoms with Gasteiger partial charge >= 0.3 is 6.18 Å². The van der Waals surface area contributed by atoms with Crippen molar-refractivity contribution in [3.63, 3.8) is 0 Å². The average Bonchev–Trinajstić information content (AvgIpc) is 2.77. The topological polar surface area (TPSA) is 84.5 Å². The van der Waals surface area contributed by atoms with Crippen molar-refractivity contribution >= 4 is 33.2 Å². The summed E-state index contributed by atoms with van der Waals surface area (Å²) in [4.78, 5) is 11.8. The molecule has 3 aromatic carbocycles. The molecule has 0 unspecified atom stereocenters. The molecule has 174 valence electrons. The summed E-state index contributed by atoms with van der Waals surface area (Å²) in [5.74, 6) is -0.137. The number of hydrogen-bond donors (Lipinski definition) is 2. The molecule has 3 aromatic rings. The fourth-order valence-corrected chi connectivity index (χ4v) is 3.87. The van der Waals surface area contributed by atoms with Gasteiger partial charge in [-0.25, -0.2) is 8.42 Å². The lowest BCUT2D eigenvalue weighted by Gasteiger charge is -2.12. The number of amides is 1. The summed E-state index contributed by atoms with van der Waals surface area (Å²) >= 11 is 5.80. The number of ether oxygens (including phenoxy) is 1. The number of alkyl halides is 3. The maximum atomic E-state index is 12.8. The molecule has 0 aliphatic rings. The van der Waals surface area contributed by atoms with Crippen molar-refractivity contribution in [1.82, 2.24) is 5.32 Å². The Bertz CT molecular complexity index is 1220. The third-order valence-corrected chi connectivity index (χ3v) is 6.00. The van der Waals surface area contributed by atoms with E-state index in [2.05, 4.69) is 10.0 Å². The first-order chi connectivity index (χ1) is 15.5. The van der Waals surface area contributed by atoms with E-state index in [-0.39, 0.29) is 35.4 Å². The standard InChI is InChI=1S/C22H18ClF3N2O4S/c23-17-6-4-15(5-7-17)13-27-21(29)14-32-19-8-10-20(11-9-19)33(30,31)28-18-3-1-2-16(12-18)22(24,25)26/h1-12,28H,13-14H2,(H,27,29). The Morgan fingerprint density at radius 2 is 1.64 bits per heavy atom. The number of benzene rings is 3. The summed E-state index contributed by atoms with van der Waals surface area (Å²) < 4.78 is 70.9. The van der Waals surface area contributed by atoms with Crippen molar-refractivity contribution < 1.29 is 31.1 Å². The number of anilines is 1. The molecular formula is C22H18ClF3N2O4S. The molecule has 0 heterocycles. The highest BCUT2D eigenvalue weighted by atomic mass is 35.5. The van der Waals surface area contributed by atoms with Gasteiger partial charge in [-0.1, -0.05) is 29.8 Å². The smallest absolute Gasteiger partial charge is 0.416 e. The van der Waals surface area contributed by atoms with Gasteiger partial charge in [0, 0.05) is 17.3 Å². The lowest BCUT2D eigenvalue weighted by molar-refractivity contribution is -0.137. The van der Waals surface area contributed by atoms with Crippen LogP contribution in [0.15, 0.2) is 77.7 Å². The lowest BCUT2D eigenvalue weighted by Crippen LogP contribution is -2.28. The molecule has 33 heavy (non-hydrogen) atoms. The van der Waals surface area contributed by atoms with Gasteiger partial charge in [-0.3, -0.25) is 9.52 Å². The molecule has 0 bridgehead atoms. The van der Waals surface area contributed by atoms with Gasteiger partial charge in [0.2, 0.25) is 0 Å². The monoisotopic (exact) mass is 498 g/mol. The number of sulfonamides is 1. The van der Waals surface area contributed by atoms with Crippen LogP contribution >= 0.6 is 11.6 Å². The summed E-state index contributed by atoms with van der Waals surface area (Å²) in [6, 6.07) is 15.9. The van der Waals surface area contributed by atoms with E-state index in [1.54, 1.807) is 24.3 Å². The Morgan fingerprint density at radius 1 is 0.970 bits per heavy atom. The second-order valence-corrected chi connectivity index (χ2v) is 8.97. The Morgan fingerprint density at radius 3 is 2.27 bits per heavy atom. The number of hydrogen-bond acceptors (Lipinski definition) is 4. The molecule has 0 atom stereocenters. The summed E-state index contributed by atoms with van der Waals surface area (Å²) in [5, 5.41) is 3.26. The predicted octanol–water partition coefficient (Wildman–Crippen LogP) is 4.85. The Balaban J connectivity index is 1.55. The molecule has 11 heteroatoms. The molecule has 0 aliphatic carbocycles. The third kappa shape index (κ3) is 7.13. The number of halogens is 4. The molecule has 3 rings (SSSR count). The van der Waals surface area contributed by atoms with Crippen LogP contribution in [0.1, 0.15) is 11.1 Å². The summed E-state index contributed by atoms with van der Waals surface area (Å²) in [7, 11) is -4.13. The van der Waals surface area contributed by atoms with Gasteiger partial charge in [-0.2, -0.15) is 13.2 Å². The minimum absolute atomic E-state index is 0.181. The van der Waals surface area contributed by atoms with Gasteiger partial charge in [0.05, 0.1) is 10.5 Å². The van der Waals surface area contributed by atoms with Crippen LogP contribution in [0.5, 0.6) is 5.75 Å². The van der Waals surface area contributed by atoms with Crippen molar-refractivity contribution in [3.8, 4) is 5.75 Å². The van der Waals surface area contributed by atoms with Gasteiger partial charge in [-0.05, 0) is 60.2 Å². The summed E-state index contributed by atoms with van der Waals surface area (Å²) in [6.07, 6.45) is -4.60. The molecule has 0 aromatic heterocycles. The van der Waals surface area contributed by atoms with Crippen molar-refractivity contribution in [3.05, 3.63) is 88.9 Å². The summed E-state index contributed by atoms with van der Waals surface area (Å²) in [6.45, 7) is -0.0000763. The summed E-state index contributed by atoms with van der Waals surface area (Å²) in [5.41, 5.74) is -0.334. The van der Waals surface area contributed by atoms with E-state index in [4.69, 9.17) is 16.3 Å². The van der Waals surface area contributed by atoms with Gasteiger partial charge in [0.1, 0.15) is 5.75 Å². The zero-order chi connectivity index (χ0) is 24.1. The van der Waals surface area contributed by atoms with E-state index < -0.39 is 21.8 Å². The molecule has 0 aliphatic heterocycles. The second-order valence-electron chi connectivity index (χ2n) is 6.85. The molecule has 0 saturated heterocycles. The molecule has 0 saturated carbocycles.